The second-order valence-electron chi connectivity index (χ2n) is 8.19. The fraction of sp³-hybridized carbons (Fsp3) is 0.400. The smallest absolute Gasteiger partial charge is 0.234 e. The van der Waals surface area contributed by atoms with Gasteiger partial charge in [0, 0.05) is 38.4 Å². The first-order chi connectivity index (χ1) is 14.7. The number of rotatable bonds is 7. The lowest BCUT2D eigenvalue weighted by Gasteiger charge is -2.26. The normalized spacial score (nSPS) is 19.4. The molecule has 0 spiro atoms. The van der Waals surface area contributed by atoms with Crippen LogP contribution in [0.25, 0.3) is 5.57 Å². The molecule has 1 amide bonds. The van der Waals surface area contributed by atoms with E-state index in [2.05, 4.69) is 57.6 Å². The number of carbonyl (C=O) groups is 1. The Kier molecular flexibility index (Phi) is 6.70. The third-order valence-electron chi connectivity index (χ3n) is 6.10. The highest BCUT2D eigenvalue weighted by Crippen LogP contribution is 2.25. The molecule has 1 fully saturated rings. The van der Waals surface area contributed by atoms with Crippen molar-refractivity contribution in [2.75, 3.05) is 51.3 Å². The Labute approximate surface area is 179 Å². The average Bonchev–Trinajstić information content (AvgIpc) is 3.28. The fourth-order valence-electron chi connectivity index (χ4n) is 4.33. The minimum absolute atomic E-state index is 0.131. The van der Waals surface area contributed by atoms with E-state index >= 15 is 0 Å². The number of carbonyl (C=O) groups excluding carboxylic acids is 1. The summed E-state index contributed by atoms with van der Waals surface area (Å²) in [4.78, 5) is 17.1. The van der Waals surface area contributed by atoms with Crippen LogP contribution in [0.2, 0.25) is 0 Å². The molecule has 2 heterocycles. The highest BCUT2D eigenvalue weighted by Gasteiger charge is 2.23. The van der Waals surface area contributed by atoms with Gasteiger partial charge in [0.2, 0.25) is 5.91 Å². The highest BCUT2D eigenvalue weighted by atomic mass is 16.5. The zero-order chi connectivity index (χ0) is 20.8. The van der Waals surface area contributed by atoms with Gasteiger partial charge in [0.15, 0.2) is 0 Å². The van der Waals surface area contributed by atoms with Crippen LogP contribution in [-0.2, 0) is 4.79 Å². The summed E-state index contributed by atoms with van der Waals surface area (Å²) in [7, 11) is 1.69. The van der Waals surface area contributed by atoms with Gasteiger partial charge in [-0.1, -0.05) is 36.4 Å². The number of hydrogen-bond acceptors (Lipinski definition) is 4. The molecule has 5 nitrogen and oxygen atoms in total. The monoisotopic (exact) mass is 405 g/mol. The molecule has 2 aromatic rings. The van der Waals surface area contributed by atoms with Crippen molar-refractivity contribution in [3.8, 4) is 5.75 Å². The highest BCUT2D eigenvalue weighted by molar-refractivity contribution is 5.78. The number of benzene rings is 2. The third-order valence-corrected chi connectivity index (χ3v) is 6.10. The van der Waals surface area contributed by atoms with Crippen LogP contribution >= 0.6 is 0 Å². The molecule has 1 saturated heterocycles. The quantitative estimate of drug-likeness (QED) is 0.767. The van der Waals surface area contributed by atoms with Crippen LogP contribution in [0.5, 0.6) is 5.75 Å². The molecule has 30 heavy (non-hydrogen) atoms. The second-order valence-corrected chi connectivity index (χ2v) is 8.19. The molecule has 5 heteroatoms. The van der Waals surface area contributed by atoms with E-state index < -0.39 is 0 Å². The van der Waals surface area contributed by atoms with Gasteiger partial charge in [0.1, 0.15) is 5.75 Å². The lowest BCUT2D eigenvalue weighted by molar-refractivity contribution is -0.122. The molecule has 158 valence electrons. The number of hydrogen-bond donors (Lipinski definition) is 1. The maximum atomic E-state index is 12.5. The molecule has 2 aromatic carbocycles. The number of methoxy groups -OCH3 is 1. The molecule has 1 unspecified atom stereocenters. The maximum absolute atomic E-state index is 12.5. The van der Waals surface area contributed by atoms with Gasteiger partial charge in [-0.25, -0.2) is 0 Å². The van der Waals surface area contributed by atoms with Crippen molar-refractivity contribution in [1.82, 2.24) is 10.2 Å². The SMILES string of the molecule is COc1cccc(C2=CCN(CC(=O)NCC3CCN(c4ccccc4)C3)CC2)c1. The Balaban J connectivity index is 1.20. The minimum atomic E-state index is 0.131. The topological polar surface area (TPSA) is 44.8 Å². The molecule has 0 saturated carbocycles. The minimum Gasteiger partial charge on any atom is -0.497 e. The molecule has 2 aliphatic heterocycles. The maximum Gasteiger partial charge on any atom is 0.234 e. The third kappa shape index (κ3) is 5.22. The van der Waals surface area contributed by atoms with E-state index in [9.17, 15) is 4.79 Å². The van der Waals surface area contributed by atoms with Crippen molar-refractivity contribution in [2.24, 2.45) is 5.92 Å². The summed E-state index contributed by atoms with van der Waals surface area (Å²) in [5.74, 6) is 1.54. The van der Waals surface area contributed by atoms with Gasteiger partial charge in [0.25, 0.3) is 0 Å². The van der Waals surface area contributed by atoms with Gasteiger partial charge in [-0.2, -0.15) is 0 Å². The Bertz CT molecular complexity index is 881. The lowest BCUT2D eigenvalue weighted by atomic mass is 9.99. The summed E-state index contributed by atoms with van der Waals surface area (Å²) in [6.07, 6.45) is 4.32. The van der Waals surface area contributed by atoms with Crippen LogP contribution < -0.4 is 15.0 Å². The fourth-order valence-corrected chi connectivity index (χ4v) is 4.33. The average molecular weight is 406 g/mol. The Morgan fingerprint density at radius 3 is 2.77 bits per heavy atom. The van der Waals surface area contributed by atoms with Gasteiger partial charge in [-0.3, -0.25) is 9.69 Å². The summed E-state index contributed by atoms with van der Waals surface area (Å²) in [6, 6.07) is 18.7. The van der Waals surface area contributed by atoms with E-state index in [-0.39, 0.29) is 5.91 Å². The molecule has 0 aliphatic carbocycles. The number of nitrogens with zero attached hydrogens (tertiary/aromatic N) is 2. The number of anilines is 1. The van der Waals surface area contributed by atoms with Crippen LogP contribution in [0.4, 0.5) is 5.69 Å². The zero-order valence-electron chi connectivity index (χ0n) is 17.7. The molecule has 0 aromatic heterocycles. The van der Waals surface area contributed by atoms with Gasteiger partial charge in [-0.05, 0) is 54.2 Å². The molecule has 2 aliphatic rings. The van der Waals surface area contributed by atoms with E-state index in [1.165, 1.54) is 16.8 Å². The largest absolute Gasteiger partial charge is 0.497 e. The van der Waals surface area contributed by atoms with Gasteiger partial charge in [0.05, 0.1) is 13.7 Å². The van der Waals surface area contributed by atoms with Crippen LogP contribution in [0, 0.1) is 5.92 Å². The lowest BCUT2D eigenvalue weighted by Crippen LogP contribution is -2.41. The molecule has 0 bridgehead atoms. The number of amides is 1. The van der Waals surface area contributed by atoms with Crippen molar-refractivity contribution in [1.29, 1.82) is 0 Å². The number of nitrogens with one attached hydrogen (secondary N) is 1. The van der Waals surface area contributed by atoms with E-state index in [1.54, 1.807) is 7.11 Å². The first-order valence-corrected chi connectivity index (χ1v) is 10.8. The molecular formula is C25H31N3O2. The van der Waals surface area contributed by atoms with Crippen molar-refractivity contribution in [2.45, 2.75) is 12.8 Å². The van der Waals surface area contributed by atoms with Crippen LogP contribution in [0.1, 0.15) is 18.4 Å². The summed E-state index contributed by atoms with van der Waals surface area (Å²) < 4.78 is 5.33. The van der Waals surface area contributed by atoms with E-state index in [0.717, 1.165) is 51.3 Å². The molecule has 1 atom stereocenters. The molecule has 0 radical (unpaired) electrons. The van der Waals surface area contributed by atoms with E-state index in [0.29, 0.717) is 12.5 Å². The Hall–Kier alpha value is -2.79. The van der Waals surface area contributed by atoms with Gasteiger partial charge < -0.3 is 15.0 Å². The zero-order valence-corrected chi connectivity index (χ0v) is 17.7. The van der Waals surface area contributed by atoms with Crippen LogP contribution in [0.15, 0.2) is 60.7 Å². The molecule has 1 N–H and O–H groups in total. The Morgan fingerprint density at radius 1 is 1.13 bits per heavy atom. The first kappa shape index (κ1) is 20.5. The number of ether oxygens (including phenoxy) is 1. The predicted octanol–water partition coefficient (Wildman–Crippen LogP) is 3.43. The summed E-state index contributed by atoms with van der Waals surface area (Å²) in [5, 5.41) is 3.16. The predicted molar refractivity (Wildman–Crippen MR) is 122 cm³/mol. The van der Waals surface area contributed by atoms with Crippen molar-refractivity contribution < 1.29 is 9.53 Å². The van der Waals surface area contributed by atoms with Crippen molar-refractivity contribution >= 4 is 17.2 Å². The second kappa shape index (κ2) is 9.81. The van der Waals surface area contributed by atoms with Crippen molar-refractivity contribution in [3.05, 3.63) is 66.2 Å². The van der Waals surface area contributed by atoms with Crippen molar-refractivity contribution in [3.63, 3.8) is 0 Å². The van der Waals surface area contributed by atoms with Gasteiger partial charge in [-0.15, -0.1) is 0 Å². The molecule has 4 rings (SSSR count). The number of para-hydroxylation sites is 1. The molecular weight excluding hydrogens is 374 g/mol. The van der Waals surface area contributed by atoms with E-state index in [1.807, 2.05) is 18.2 Å². The summed E-state index contributed by atoms with van der Waals surface area (Å²) in [5.41, 5.74) is 3.82. The summed E-state index contributed by atoms with van der Waals surface area (Å²) >= 11 is 0. The van der Waals surface area contributed by atoms with Crippen LogP contribution in [-0.4, -0.2) is 57.2 Å². The standard InChI is InChI=1S/C25H31N3O2/c1-30-24-9-5-6-22(16-24)21-11-13-27(14-12-21)19-25(29)26-17-20-10-15-28(18-20)23-7-3-2-4-8-23/h2-9,11,16,20H,10,12-15,17-19H2,1H3,(H,26,29). The van der Waals surface area contributed by atoms with Crippen LogP contribution in [0.3, 0.4) is 0 Å². The first-order valence-electron chi connectivity index (χ1n) is 10.8. The van der Waals surface area contributed by atoms with Gasteiger partial charge >= 0.3 is 0 Å². The Morgan fingerprint density at radius 2 is 2.00 bits per heavy atom. The van der Waals surface area contributed by atoms with E-state index in [4.69, 9.17) is 4.74 Å². The summed E-state index contributed by atoms with van der Waals surface area (Å²) in [6.45, 7) is 5.03.